The van der Waals surface area contributed by atoms with Crippen molar-refractivity contribution in [2.24, 2.45) is 0 Å². The first kappa shape index (κ1) is 17.7. The summed E-state index contributed by atoms with van der Waals surface area (Å²) in [7, 11) is 0. The first-order chi connectivity index (χ1) is 12.9. The van der Waals surface area contributed by atoms with Gasteiger partial charge in [-0.15, -0.1) is 21.5 Å². The van der Waals surface area contributed by atoms with Gasteiger partial charge in [0.2, 0.25) is 0 Å². The molecule has 4 aromatic rings. The number of rotatable bonds is 3. The minimum atomic E-state index is -4.39. The normalized spacial score (nSPS) is 11.7. The Bertz CT molecular complexity index is 1110. The van der Waals surface area contributed by atoms with Gasteiger partial charge >= 0.3 is 6.18 Å². The van der Waals surface area contributed by atoms with Crippen molar-refractivity contribution < 1.29 is 13.2 Å². The lowest BCUT2D eigenvalue weighted by Crippen LogP contribution is -2.04. The van der Waals surface area contributed by atoms with Crippen molar-refractivity contribution >= 4 is 44.7 Å². The van der Waals surface area contributed by atoms with Gasteiger partial charge < -0.3 is 5.32 Å². The lowest BCUT2D eigenvalue weighted by atomic mass is 10.1. The predicted molar refractivity (Wildman–Crippen MR) is 100 cm³/mol. The summed E-state index contributed by atoms with van der Waals surface area (Å²) in [5.74, 6) is 0.429. The zero-order chi connectivity index (χ0) is 19.0. The molecule has 9 heteroatoms. The molecule has 0 saturated heterocycles. The van der Waals surface area contributed by atoms with Crippen LogP contribution in [-0.4, -0.2) is 15.2 Å². The van der Waals surface area contributed by atoms with Crippen LogP contribution in [0.2, 0.25) is 5.15 Å². The fourth-order valence-corrected chi connectivity index (χ4v) is 3.48. The van der Waals surface area contributed by atoms with Gasteiger partial charge in [-0.05, 0) is 42.0 Å². The van der Waals surface area contributed by atoms with E-state index in [2.05, 4.69) is 20.5 Å². The second kappa shape index (κ2) is 6.79. The number of nitrogens with zero attached hydrogens (tertiary/aromatic N) is 3. The van der Waals surface area contributed by atoms with Crippen molar-refractivity contribution in [1.82, 2.24) is 15.2 Å². The van der Waals surface area contributed by atoms with Crippen LogP contribution in [0, 0.1) is 0 Å². The molecular weight excluding hydrogens is 397 g/mol. The molecule has 136 valence electrons. The molecular formula is C18H10ClF3N4S. The number of nitrogens with one attached hydrogen (secondary N) is 1. The number of aromatic nitrogens is 3. The molecule has 0 saturated carbocycles. The van der Waals surface area contributed by atoms with Crippen molar-refractivity contribution in [2.75, 3.05) is 5.32 Å². The number of fused-ring (bicyclic) bond motifs is 1. The molecule has 0 spiro atoms. The average Bonchev–Trinajstić information content (AvgIpc) is 3.10. The summed E-state index contributed by atoms with van der Waals surface area (Å²) in [6.45, 7) is 0. The van der Waals surface area contributed by atoms with Gasteiger partial charge in [0.25, 0.3) is 0 Å². The van der Waals surface area contributed by atoms with Gasteiger partial charge in [-0.3, -0.25) is 0 Å². The summed E-state index contributed by atoms with van der Waals surface area (Å²) in [6, 6.07) is 12.1. The van der Waals surface area contributed by atoms with E-state index in [0.29, 0.717) is 16.9 Å². The summed E-state index contributed by atoms with van der Waals surface area (Å²) in [5, 5.41) is 11.1. The van der Waals surface area contributed by atoms with E-state index in [4.69, 9.17) is 11.6 Å². The Morgan fingerprint density at radius 3 is 2.48 bits per heavy atom. The monoisotopic (exact) mass is 406 g/mol. The zero-order valence-electron chi connectivity index (χ0n) is 13.5. The second-order valence-electron chi connectivity index (χ2n) is 5.67. The molecule has 27 heavy (non-hydrogen) atoms. The number of thiazole rings is 1. The van der Waals surface area contributed by atoms with Crippen LogP contribution in [0.4, 0.5) is 24.7 Å². The Morgan fingerprint density at radius 1 is 0.963 bits per heavy atom. The third-order valence-corrected chi connectivity index (χ3v) is 4.95. The molecule has 0 amide bonds. The summed E-state index contributed by atoms with van der Waals surface area (Å²) in [6.07, 6.45) is -4.39. The quantitative estimate of drug-likeness (QED) is 0.442. The smallest absolute Gasteiger partial charge is 0.339 e. The molecule has 4 nitrogen and oxygen atoms in total. The maximum absolute atomic E-state index is 12.7. The van der Waals surface area contributed by atoms with Gasteiger partial charge in [0.05, 0.1) is 21.3 Å². The molecule has 2 aromatic heterocycles. The highest BCUT2D eigenvalue weighted by atomic mass is 35.5. The van der Waals surface area contributed by atoms with Crippen LogP contribution in [0.1, 0.15) is 5.56 Å². The van der Waals surface area contributed by atoms with E-state index in [0.717, 1.165) is 28.0 Å². The van der Waals surface area contributed by atoms with E-state index >= 15 is 0 Å². The second-order valence-corrected chi connectivity index (χ2v) is 6.91. The Kier molecular flexibility index (Phi) is 4.45. The first-order valence-corrected chi connectivity index (χ1v) is 8.97. The third kappa shape index (κ3) is 3.72. The SMILES string of the molecule is FC(F)(F)c1ccc(-c2cc(Nc3ccc4ncsc4c3)nnc2Cl)cc1. The van der Waals surface area contributed by atoms with Crippen molar-refractivity contribution in [2.45, 2.75) is 6.18 Å². The molecule has 2 aromatic carbocycles. The van der Waals surface area contributed by atoms with Crippen molar-refractivity contribution in [3.05, 3.63) is 64.8 Å². The van der Waals surface area contributed by atoms with Crippen molar-refractivity contribution in [3.63, 3.8) is 0 Å². The van der Waals surface area contributed by atoms with E-state index in [-0.39, 0.29) is 5.15 Å². The molecule has 0 aliphatic carbocycles. The summed E-state index contributed by atoms with van der Waals surface area (Å²) >= 11 is 7.61. The molecule has 0 bridgehead atoms. The maximum Gasteiger partial charge on any atom is 0.416 e. The van der Waals surface area contributed by atoms with Gasteiger partial charge in [0, 0.05) is 11.3 Å². The van der Waals surface area contributed by atoms with E-state index in [9.17, 15) is 13.2 Å². The molecule has 0 unspecified atom stereocenters. The standard InChI is InChI=1S/C18H10ClF3N4S/c19-17-13(10-1-3-11(4-2-10)18(20,21)22)8-16(25-26-17)24-12-5-6-14-15(7-12)27-9-23-14/h1-9H,(H,24,25). The largest absolute Gasteiger partial charge is 0.416 e. The Labute approximate surface area is 160 Å². The molecule has 0 radical (unpaired) electrons. The molecule has 0 aliphatic heterocycles. The first-order valence-electron chi connectivity index (χ1n) is 7.71. The minimum Gasteiger partial charge on any atom is -0.339 e. The molecule has 4 rings (SSSR count). The van der Waals surface area contributed by atoms with E-state index in [1.54, 1.807) is 11.6 Å². The molecule has 0 fully saturated rings. The highest BCUT2D eigenvalue weighted by Crippen LogP contribution is 2.33. The van der Waals surface area contributed by atoms with Crippen LogP contribution < -0.4 is 5.32 Å². The molecule has 2 heterocycles. The van der Waals surface area contributed by atoms with Crippen molar-refractivity contribution in [3.8, 4) is 11.1 Å². The fourth-order valence-electron chi connectivity index (χ4n) is 2.56. The molecule has 0 aliphatic rings. The number of halogens is 4. The van der Waals surface area contributed by atoms with Crippen LogP contribution in [0.5, 0.6) is 0 Å². The van der Waals surface area contributed by atoms with E-state index in [1.807, 2.05) is 18.2 Å². The van der Waals surface area contributed by atoms with Gasteiger partial charge in [0.15, 0.2) is 11.0 Å². The summed E-state index contributed by atoms with van der Waals surface area (Å²) < 4.78 is 39.2. The van der Waals surface area contributed by atoms with Crippen LogP contribution in [0.25, 0.3) is 21.3 Å². The Balaban J connectivity index is 1.64. The lowest BCUT2D eigenvalue weighted by molar-refractivity contribution is -0.137. The van der Waals surface area contributed by atoms with E-state index < -0.39 is 11.7 Å². The summed E-state index contributed by atoms with van der Waals surface area (Å²) in [5.41, 5.74) is 3.74. The zero-order valence-corrected chi connectivity index (χ0v) is 15.0. The molecule has 1 N–H and O–H groups in total. The van der Waals surface area contributed by atoms with E-state index in [1.165, 1.54) is 23.5 Å². The van der Waals surface area contributed by atoms with Crippen LogP contribution in [0.3, 0.4) is 0 Å². The highest BCUT2D eigenvalue weighted by molar-refractivity contribution is 7.16. The number of hydrogen-bond donors (Lipinski definition) is 1. The maximum atomic E-state index is 12.7. The Morgan fingerprint density at radius 2 is 1.74 bits per heavy atom. The van der Waals surface area contributed by atoms with Crippen LogP contribution in [0.15, 0.2) is 54.0 Å². The number of hydrogen-bond acceptors (Lipinski definition) is 5. The average molecular weight is 407 g/mol. The number of anilines is 2. The van der Waals surface area contributed by atoms with Gasteiger partial charge in [-0.1, -0.05) is 23.7 Å². The molecule has 0 atom stereocenters. The predicted octanol–water partition coefficient (Wildman–Crippen LogP) is 6.17. The number of benzene rings is 2. The third-order valence-electron chi connectivity index (χ3n) is 3.88. The highest BCUT2D eigenvalue weighted by Gasteiger charge is 2.30. The van der Waals surface area contributed by atoms with Gasteiger partial charge in [-0.2, -0.15) is 13.2 Å². The van der Waals surface area contributed by atoms with Crippen LogP contribution in [-0.2, 0) is 6.18 Å². The Hall–Kier alpha value is -2.71. The number of alkyl halides is 3. The van der Waals surface area contributed by atoms with Gasteiger partial charge in [0.1, 0.15) is 0 Å². The lowest BCUT2D eigenvalue weighted by Gasteiger charge is -2.10. The topological polar surface area (TPSA) is 50.7 Å². The fraction of sp³-hybridized carbons (Fsp3) is 0.0556. The minimum absolute atomic E-state index is 0.109. The summed E-state index contributed by atoms with van der Waals surface area (Å²) in [4.78, 5) is 4.22. The van der Waals surface area contributed by atoms with Gasteiger partial charge in [-0.25, -0.2) is 4.98 Å². The van der Waals surface area contributed by atoms with Crippen molar-refractivity contribution in [1.29, 1.82) is 0 Å². The van der Waals surface area contributed by atoms with Crippen LogP contribution >= 0.6 is 22.9 Å².